The molecular formula is C13H17BrN4. The van der Waals surface area contributed by atoms with E-state index in [9.17, 15) is 0 Å². The molecule has 0 radical (unpaired) electrons. The van der Waals surface area contributed by atoms with Crippen LogP contribution in [-0.4, -0.2) is 52.4 Å². The number of rotatable bonds is 2. The van der Waals surface area contributed by atoms with Crippen molar-refractivity contribution in [1.29, 1.82) is 0 Å². The summed E-state index contributed by atoms with van der Waals surface area (Å²) in [5.41, 5.74) is 2.26. The van der Waals surface area contributed by atoms with Crippen LogP contribution in [0.5, 0.6) is 0 Å². The van der Waals surface area contributed by atoms with E-state index in [4.69, 9.17) is 0 Å². The van der Waals surface area contributed by atoms with Gasteiger partial charge >= 0.3 is 0 Å². The molecule has 18 heavy (non-hydrogen) atoms. The van der Waals surface area contributed by atoms with Gasteiger partial charge < -0.3 is 4.90 Å². The third kappa shape index (κ3) is 2.30. The molecule has 0 aliphatic carbocycles. The minimum atomic E-state index is 0.970. The molecule has 1 aliphatic rings. The van der Waals surface area contributed by atoms with Gasteiger partial charge in [0.05, 0.1) is 16.5 Å². The van der Waals surface area contributed by atoms with Crippen molar-refractivity contribution >= 4 is 21.6 Å². The van der Waals surface area contributed by atoms with Crippen LogP contribution in [-0.2, 0) is 6.54 Å². The number of halogens is 1. The highest BCUT2D eigenvalue weighted by molar-refractivity contribution is 9.10. The number of likely N-dealkylation sites (N-methyl/N-ethyl adjacent to an activating group) is 1. The Kier molecular flexibility index (Phi) is 3.37. The molecule has 0 N–H and O–H groups in total. The van der Waals surface area contributed by atoms with E-state index in [2.05, 4.69) is 48.2 Å². The van der Waals surface area contributed by atoms with E-state index < -0.39 is 0 Å². The van der Waals surface area contributed by atoms with Crippen LogP contribution in [0.25, 0.3) is 5.65 Å². The van der Waals surface area contributed by atoms with Gasteiger partial charge in [-0.2, -0.15) is 0 Å². The smallest absolute Gasteiger partial charge is 0.137 e. The predicted molar refractivity (Wildman–Crippen MR) is 75.7 cm³/mol. The number of imidazole rings is 1. The second-order valence-corrected chi connectivity index (χ2v) is 5.68. The second kappa shape index (κ2) is 4.99. The molecule has 4 nitrogen and oxygen atoms in total. The lowest BCUT2D eigenvalue weighted by molar-refractivity contribution is 0.146. The third-order valence-electron chi connectivity index (χ3n) is 3.54. The van der Waals surface area contributed by atoms with Gasteiger partial charge in [0, 0.05) is 32.7 Å². The molecule has 96 valence electrons. The molecule has 0 spiro atoms. The SMILES string of the molecule is CN1CCN(Cc2cnc3cccc(Br)n23)CC1. The highest BCUT2D eigenvalue weighted by Crippen LogP contribution is 2.17. The maximum Gasteiger partial charge on any atom is 0.137 e. The average molecular weight is 309 g/mol. The molecule has 2 aromatic heterocycles. The summed E-state index contributed by atoms with van der Waals surface area (Å²) in [7, 11) is 2.18. The van der Waals surface area contributed by atoms with Crippen molar-refractivity contribution in [3.05, 3.63) is 34.7 Å². The Morgan fingerprint density at radius 3 is 2.78 bits per heavy atom. The van der Waals surface area contributed by atoms with E-state index in [0.717, 1.165) is 43.0 Å². The summed E-state index contributed by atoms with van der Waals surface area (Å²) in [5.74, 6) is 0. The molecule has 1 saturated heterocycles. The number of hydrogen-bond donors (Lipinski definition) is 0. The molecule has 0 aromatic carbocycles. The van der Waals surface area contributed by atoms with Crippen LogP contribution in [0.3, 0.4) is 0 Å². The Morgan fingerprint density at radius 1 is 1.22 bits per heavy atom. The first-order valence-electron chi connectivity index (χ1n) is 6.26. The average Bonchev–Trinajstić information content (AvgIpc) is 2.77. The van der Waals surface area contributed by atoms with Crippen molar-refractivity contribution in [3.8, 4) is 0 Å². The van der Waals surface area contributed by atoms with Crippen molar-refractivity contribution in [2.24, 2.45) is 0 Å². The highest BCUT2D eigenvalue weighted by atomic mass is 79.9. The van der Waals surface area contributed by atoms with Gasteiger partial charge in [0.25, 0.3) is 0 Å². The molecule has 0 amide bonds. The van der Waals surface area contributed by atoms with Crippen LogP contribution in [0.4, 0.5) is 0 Å². The zero-order chi connectivity index (χ0) is 12.5. The highest BCUT2D eigenvalue weighted by Gasteiger charge is 2.16. The number of piperazine rings is 1. The Bertz CT molecular complexity index is 543. The summed E-state index contributed by atoms with van der Waals surface area (Å²) in [6, 6.07) is 6.12. The number of pyridine rings is 1. The molecule has 0 atom stereocenters. The van der Waals surface area contributed by atoms with E-state index in [1.165, 1.54) is 5.69 Å². The van der Waals surface area contributed by atoms with Crippen LogP contribution in [0.2, 0.25) is 0 Å². The molecule has 1 aliphatic heterocycles. The molecule has 0 saturated carbocycles. The number of hydrogen-bond acceptors (Lipinski definition) is 3. The minimum absolute atomic E-state index is 0.970. The minimum Gasteiger partial charge on any atom is -0.304 e. The fourth-order valence-electron chi connectivity index (χ4n) is 2.40. The zero-order valence-corrected chi connectivity index (χ0v) is 12.1. The molecule has 3 heterocycles. The maximum atomic E-state index is 4.46. The van der Waals surface area contributed by atoms with Crippen molar-refractivity contribution in [3.63, 3.8) is 0 Å². The Balaban J connectivity index is 1.82. The monoisotopic (exact) mass is 308 g/mol. The van der Waals surface area contributed by atoms with E-state index in [-0.39, 0.29) is 0 Å². The van der Waals surface area contributed by atoms with Crippen LogP contribution in [0, 0.1) is 0 Å². The molecular weight excluding hydrogens is 292 g/mol. The topological polar surface area (TPSA) is 23.8 Å². The summed E-state index contributed by atoms with van der Waals surface area (Å²) in [6.07, 6.45) is 1.98. The van der Waals surface area contributed by atoms with Crippen LogP contribution >= 0.6 is 15.9 Å². The molecule has 1 fully saturated rings. The van der Waals surface area contributed by atoms with Gasteiger partial charge in [-0.1, -0.05) is 6.07 Å². The van der Waals surface area contributed by atoms with Crippen molar-refractivity contribution in [2.75, 3.05) is 33.2 Å². The second-order valence-electron chi connectivity index (χ2n) is 4.87. The first kappa shape index (κ1) is 12.1. The van der Waals surface area contributed by atoms with Crippen molar-refractivity contribution in [2.45, 2.75) is 6.54 Å². The van der Waals surface area contributed by atoms with Gasteiger partial charge in [0.15, 0.2) is 0 Å². The first-order valence-corrected chi connectivity index (χ1v) is 7.05. The van der Waals surface area contributed by atoms with Gasteiger partial charge in [0.2, 0.25) is 0 Å². The summed E-state index contributed by atoms with van der Waals surface area (Å²) in [5, 5.41) is 0. The molecule has 2 aromatic rings. The summed E-state index contributed by atoms with van der Waals surface area (Å²) in [6.45, 7) is 5.54. The Morgan fingerprint density at radius 2 is 2.00 bits per heavy atom. The van der Waals surface area contributed by atoms with E-state index in [0.29, 0.717) is 0 Å². The summed E-state index contributed by atoms with van der Waals surface area (Å²) >= 11 is 3.60. The van der Waals surface area contributed by atoms with Crippen molar-refractivity contribution < 1.29 is 0 Å². The first-order chi connectivity index (χ1) is 8.74. The largest absolute Gasteiger partial charge is 0.304 e. The predicted octanol–water partition coefficient (Wildman–Crippen LogP) is 1.84. The third-order valence-corrected chi connectivity index (χ3v) is 4.16. The molecule has 3 rings (SSSR count). The maximum absolute atomic E-state index is 4.46. The van der Waals surface area contributed by atoms with Gasteiger partial charge in [-0.3, -0.25) is 9.30 Å². The van der Waals surface area contributed by atoms with E-state index in [1.807, 2.05) is 18.3 Å². The normalized spacial score (nSPS) is 18.6. The van der Waals surface area contributed by atoms with Gasteiger partial charge in [-0.25, -0.2) is 4.98 Å². The zero-order valence-electron chi connectivity index (χ0n) is 10.5. The fourth-order valence-corrected chi connectivity index (χ4v) is 2.96. The van der Waals surface area contributed by atoms with E-state index >= 15 is 0 Å². The lowest BCUT2D eigenvalue weighted by atomic mass is 10.3. The lowest BCUT2D eigenvalue weighted by Gasteiger charge is -2.32. The van der Waals surface area contributed by atoms with Crippen LogP contribution < -0.4 is 0 Å². The number of nitrogens with zero attached hydrogens (tertiary/aromatic N) is 4. The van der Waals surface area contributed by atoms with Crippen LogP contribution in [0.1, 0.15) is 5.69 Å². The van der Waals surface area contributed by atoms with E-state index in [1.54, 1.807) is 0 Å². The van der Waals surface area contributed by atoms with Gasteiger partial charge in [-0.05, 0) is 35.1 Å². The summed E-state index contributed by atoms with van der Waals surface area (Å²) in [4.78, 5) is 9.32. The Hall–Kier alpha value is -0.910. The summed E-state index contributed by atoms with van der Waals surface area (Å²) < 4.78 is 3.25. The fraction of sp³-hybridized carbons (Fsp3) is 0.462. The van der Waals surface area contributed by atoms with Crippen LogP contribution in [0.15, 0.2) is 29.0 Å². The van der Waals surface area contributed by atoms with Gasteiger partial charge in [-0.15, -0.1) is 0 Å². The molecule has 5 heteroatoms. The quantitative estimate of drug-likeness (QED) is 0.791. The number of aromatic nitrogens is 2. The Labute approximate surface area is 115 Å². The lowest BCUT2D eigenvalue weighted by Crippen LogP contribution is -2.44. The van der Waals surface area contributed by atoms with Gasteiger partial charge in [0.1, 0.15) is 5.65 Å². The standard InChI is InChI=1S/C13H17BrN4/c1-16-5-7-17(8-6-16)10-11-9-15-13-4-2-3-12(14)18(11)13/h2-4,9H,5-8,10H2,1H3. The molecule has 0 unspecified atom stereocenters. The number of fused-ring (bicyclic) bond motifs is 1. The molecule has 0 bridgehead atoms. The van der Waals surface area contributed by atoms with Crippen molar-refractivity contribution in [1.82, 2.24) is 19.2 Å².